The molecule has 4 heavy (non-hydrogen) atoms. The van der Waals surface area contributed by atoms with Crippen LogP contribution in [0.4, 0.5) is 0 Å². The molecule has 0 nitrogen and oxygen atoms in total. The van der Waals surface area contributed by atoms with Gasteiger partial charge in [0.05, 0.1) is 0 Å². The maximum atomic E-state index is 4.31. The van der Waals surface area contributed by atoms with E-state index in [1.807, 2.05) is 6.26 Å². The molecule has 0 rings (SSSR count). The molecule has 0 aromatic rings. The van der Waals surface area contributed by atoms with Crippen LogP contribution in [0.2, 0.25) is 0 Å². The molecule has 0 N–H and O–H groups in total. The maximum absolute atomic E-state index is 4.31. The summed E-state index contributed by atoms with van der Waals surface area (Å²) in [5.74, 6) is 0. The van der Waals surface area contributed by atoms with E-state index in [9.17, 15) is 0 Å². The van der Waals surface area contributed by atoms with Crippen LogP contribution < -0.4 is 0 Å². The molecule has 0 saturated heterocycles. The largest absolute Gasteiger partial charge is 0.719 e. The molecule has 0 unspecified atom stereocenters. The third kappa shape index (κ3) is 9.19. The second-order valence-corrected chi connectivity index (χ2v) is 1.50. The van der Waals surface area contributed by atoms with E-state index in [-0.39, 0.29) is 32.7 Å². The number of hydrogen-bond acceptors (Lipinski definition) is 2. The van der Waals surface area contributed by atoms with Gasteiger partial charge in [-0.2, -0.15) is 0 Å². The van der Waals surface area contributed by atoms with Gasteiger partial charge in [0.15, 0.2) is 0 Å². The maximum Gasteiger partial charge on any atom is 0 e. The first-order valence-corrected chi connectivity index (χ1v) is 2.72. The normalized spacial score (nSPS) is 4.50. The summed E-state index contributed by atoms with van der Waals surface area (Å²) < 4.78 is 0. The molecule has 0 aromatic carbocycles. The molecule has 0 aromatic heterocycles. The quantitative estimate of drug-likeness (QED) is 0.387. The molecule has 0 bridgehead atoms. The predicted molar refractivity (Wildman–Crippen MR) is 20.9 cm³/mol. The van der Waals surface area contributed by atoms with Crippen molar-refractivity contribution in [1.29, 1.82) is 0 Å². The van der Waals surface area contributed by atoms with E-state index in [2.05, 4.69) is 11.7 Å². The van der Waals surface area contributed by atoms with Crippen molar-refractivity contribution < 1.29 is 32.7 Å². The Morgan fingerprint density at radius 2 is 1.75 bits per heavy atom. The molecule has 0 aliphatic heterocycles. The van der Waals surface area contributed by atoms with E-state index in [4.69, 9.17) is 0 Å². The fraction of sp³-hybridized carbons (Fsp3) is 1.00. The topological polar surface area (TPSA) is 0 Å². The SMILES string of the molecule is CS[S-].[Y]. The van der Waals surface area contributed by atoms with E-state index < -0.39 is 0 Å². The van der Waals surface area contributed by atoms with Crippen molar-refractivity contribution in [3.63, 3.8) is 0 Å². The van der Waals surface area contributed by atoms with Crippen LogP contribution >= 0.6 is 10.8 Å². The molecule has 0 heterocycles. The van der Waals surface area contributed by atoms with Crippen LogP contribution in [0.5, 0.6) is 0 Å². The molecular weight excluding hydrogens is 165 g/mol. The molecule has 23 valence electrons. The second kappa shape index (κ2) is 8.84. The predicted octanol–water partition coefficient (Wildman–Crippen LogP) is 0.809. The zero-order valence-corrected chi connectivity index (χ0v) is 6.87. The molecule has 0 fully saturated rings. The zero-order chi connectivity index (χ0) is 2.71. The van der Waals surface area contributed by atoms with Crippen LogP contribution in [0, 0.1) is 0 Å². The first-order chi connectivity index (χ1) is 1.41. The first kappa shape index (κ1) is 9.26. The van der Waals surface area contributed by atoms with E-state index >= 15 is 0 Å². The fourth-order valence-electron chi connectivity index (χ4n) is 0. The molecule has 0 aliphatic rings. The molecule has 0 saturated carbocycles. The van der Waals surface area contributed by atoms with Gasteiger partial charge in [0, 0.05) is 32.7 Å². The molecule has 1 radical (unpaired) electrons. The first-order valence-electron chi connectivity index (χ1n) is 0.575. The smallest absolute Gasteiger partial charge is 0 e. The van der Waals surface area contributed by atoms with Crippen molar-refractivity contribution in [1.82, 2.24) is 0 Å². The van der Waals surface area contributed by atoms with Gasteiger partial charge in [0.25, 0.3) is 0 Å². The van der Waals surface area contributed by atoms with E-state index in [0.29, 0.717) is 0 Å². The number of rotatable bonds is 0. The Kier molecular flexibility index (Phi) is 20.5. The Labute approximate surface area is 60.8 Å². The van der Waals surface area contributed by atoms with E-state index in [1.165, 1.54) is 10.8 Å². The molecular formula is CH3S2Y-. The minimum absolute atomic E-state index is 0. The Balaban J connectivity index is 0. The second-order valence-electron chi connectivity index (χ2n) is 0.167. The average molecular weight is 168 g/mol. The summed E-state index contributed by atoms with van der Waals surface area (Å²) in [7, 11) is 1.33. The van der Waals surface area contributed by atoms with Crippen molar-refractivity contribution in [2.24, 2.45) is 0 Å². The van der Waals surface area contributed by atoms with Crippen molar-refractivity contribution >= 4 is 22.5 Å². The third-order valence-electron chi connectivity index (χ3n) is 0. The molecule has 0 aliphatic carbocycles. The summed E-state index contributed by atoms with van der Waals surface area (Å²) in [5, 5.41) is 0. The minimum Gasteiger partial charge on any atom is -0.719 e. The fourth-order valence-corrected chi connectivity index (χ4v) is 0. The van der Waals surface area contributed by atoms with Crippen LogP contribution in [-0.4, -0.2) is 6.26 Å². The molecule has 0 atom stereocenters. The summed E-state index contributed by atoms with van der Waals surface area (Å²) in [5.41, 5.74) is 0. The Bertz CT molecular complexity index is 6.00. The number of hydrogen-bond donors (Lipinski definition) is 0. The summed E-state index contributed by atoms with van der Waals surface area (Å²) in [6.45, 7) is 0. The van der Waals surface area contributed by atoms with Crippen LogP contribution in [0.1, 0.15) is 0 Å². The molecule has 0 amide bonds. The van der Waals surface area contributed by atoms with Gasteiger partial charge in [-0.3, -0.25) is 0 Å². The summed E-state index contributed by atoms with van der Waals surface area (Å²) in [4.78, 5) is 0. The van der Waals surface area contributed by atoms with Gasteiger partial charge in [-0.25, -0.2) is 0 Å². The monoisotopic (exact) mass is 168 g/mol. The van der Waals surface area contributed by atoms with E-state index in [1.54, 1.807) is 0 Å². The third-order valence-corrected chi connectivity index (χ3v) is 0. The zero-order valence-electron chi connectivity index (χ0n) is 2.39. The van der Waals surface area contributed by atoms with Gasteiger partial charge < -0.3 is 22.5 Å². The van der Waals surface area contributed by atoms with Crippen molar-refractivity contribution in [2.45, 2.75) is 0 Å². The Morgan fingerprint density at radius 3 is 1.75 bits per heavy atom. The van der Waals surface area contributed by atoms with Crippen LogP contribution in [0.3, 0.4) is 0 Å². The van der Waals surface area contributed by atoms with Gasteiger partial charge in [0.1, 0.15) is 0 Å². The van der Waals surface area contributed by atoms with Crippen LogP contribution in [0.25, 0.3) is 0 Å². The van der Waals surface area contributed by atoms with Crippen molar-refractivity contribution in [3.05, 3.63) is 0 Å². The van der Waals surface area contributed by atoms with Gasteiger partial charge in [-0.1, -0.05) is 0 Å². The van der Waals surface area contributed by atoms with Crippen LogP contribution in [-0.2, 0) is 44.4 Å². The van der Waals surface area contributed by atoms with Crippen molar-refractivity contribution in [3.8, 4) is 0 Å². The van der Waals surface area contributed by atoms with Gasteiger partial charge in [-0.15, -0.1) is 0 Å². The summed E-state index contributed by atoms with van der Waals surface area (Å²) in [6, 6.07) is 0. The van der Waals surface area contributed by atoms with E-state index in [0.717, 1.165) is 0 Å². The van der Waals surface area contributed by atoms with Crippen LogP contribution in [0.15, 0.2) is 0 Å². The van der Waals surface area contributed by atoms with Gasteiger partial charge >= 0.3 is 0 Å². The summed E-state index contributed by atoms with van der Waals surface area (Å²) >= 11 is 4.31. The summed E-state index contributed by atoms with van der Waals surface area (Å²) in [6.07, 6.45) is 1.86. The Hall–Kier alpha value is 1.80. The minimum atomic E-state index is 0. The Morgan fingerprint density at radius 1 is 1.75 bits per heavy atom. The van der Waals surface area contributed by atoms with Gasteiger partial charge in [0.2, 0.25) is 0 Å². The molecule has 0 spiro atoms. The molecule has 3 heteroatoms. The van der Waals surface area contributed by atoms with Crippen molar-refractivity contribution in [2.75, 3.05) is 6.26 Å². The average Bonchev–Trinajstić information content (AvgIpc) is 0.918. The standard InChI is InChI=1S/CH4S2.Y/c1-3-2;/h2H,1H3;/p-1. The van der Waals surface area contributed by atoms with Gasteiger partial charge in [-0.05, 0) is 6.26 Å².